The number of carbonyl (C=O) groups excluding carboxylic acids is 1. The van der Waals surface area contributed by atoms with E-state index in [4.69, 9.17) is 14.2 Å². The van der Waals surface area contributed by atoms with Crippen LogP contribution in [-0.4, -0.2) is 39.5 Å². The molecule has 2 aromatic carbocycles. The van der Waals surface area contributed by atoms with Gasteiger partial charge in [0.15, 0.2) is 11.5 Å². The molecule has 26 heavy (non-hydrogen) atoms. The monoisotopic (exact) mass is 357 g/mol. The van der Waals surface area contributed by atoms with Crippen molar-refractivity contribution in [1.82, 2.24) is 5.43 Å². The number of carbonyl (C=O) groups is 1. The minimum atomic E-state index is -0.268. The van der Waals surface area contributed by atoms with Gasteiger partial charge < -0.3 is 19.5 Å². The van der Waals surface area contributed by atoms with Crippen molar-refractivity contribution in [2.24, 2.45) is 5.10 Å². The molecule has 2 aromatic rings. The van der Waals surface area contributed by atoms with Crippen LogP contribution in [0.3, 0.4) is 0 Å². The van der Waals surface area contributed by atoms with E-state index >= 15 is 0 Å². The number of rotatable bonds is 8. The molecular formula is C19H23N3O4. The van der Waals surface area contributed by atoms with Gasteiger partial charge in [0.25, 0.3) is 5.91 Å². The zero-order valence-corrected chi connectivity index (χ0v) is 15.3. The highest BCUT2D eigenvalue weighted by Gasteiger charge is 2.08. The summed E-state index contributed by atoms with van der Waals surface area (Å²) in [6.45, 7) is 1.87. The Labute approximate surface area is 153 Å². The van der Waals surface area contributed by atoms with E-state index in [1.807, 2.05) is 30.3 Å². The minimum Gasteiger partial charge on any atom is -0.495 e. The lowest BCUT2D eigenvalue weighted by molar-refractivity contribution is -0.119. The molecular weight excluding hydrogens is 334 g/mol. The van der Waals surface area contributed by atoms with Crippen LogP contribution in [0.4, 0.5) is 5.69 Å². The lowest BCUT2D eigenvalue weighted by Crippen LogP contribution is -2.26. The molecule has 0 fully saturated rings. The Morgan fingerprint density at radius 1 is 0.962 bits per heavy atom. The predicted molar refractivity (Wildman–Crippen MR) is 101 cm³/mol. The van der Waals surface area contributed by atoms with Gasteiger partial charge in [-0.15, -0.1) is 0 Å². The third-order valence-corrected chi connectivity index (χ3v) is 3.70. The van der Waals surface area contributed by atoms with Gasteiger partial charge in [0.1, 0.15) is 5.75 Å². The third-order valence-electron chi connectivity index (χ3n) is 3.70. The van der Waals surface area contributed by atoms with E-state index in [1.165, 1.54) is 0 Å². The van der Waals surface area contributed by atoms with Crippen molar-refractivity contribution >= 4 is 17.3 Å². The highest BCUT2D eigenvalue weighted by atomic mass is 16.5. The molecule has 2 N–H and O–H groups in total. The summed E-state index contributed by atoms with van der Waals surface area (Å²) in [4.78, 5) is 12.0. The Balaban J connectivity index is 1.96. The maximum atomic E-state index is 12.0. The molecule has 0 unspecified atom stereocenters. The number of methoxy groups -OCH3 is 3. The molecule has 0 aromatic heterocycles. The van der Waals surface area contributed by atoms with Gasteiger partial charge in [-0.05, 0) is 37.3 Å². The van der Waals surface area contributed by atoms with Gasteiger partial charge in [0.2, 0.25) is 0 Å². The molecule has 0 atom stereocenters. The summed E-state index contributed by atoms with van der Waals surface area (Å²) >= 11 is 0. The normalized spacial score (nSPS) is 10.8. The van der Waals surface area contributed by atoms with Crippen LogP contribution in [0.1, 0.15) is 12.5 Å². The number of nitrogens with one attached hydrogen (secondary N) is 2. The quantitative estimate of drug-likeness (QED) is 0.561. The summed E-state index contributed by atoms with van der Waals surface area (Å²) in [7, 11) is 4.73. The van der Waals surface area contributed by atoms with Crippen LogP contribution in [0.15, 0.2) is 47.6 Å². The Kier molecular flexibility index (Phi) is 6.84. The number of amides is 1. The van der Waals surface area contributed by atoms with Crippen LogP contribution in [0.5, 0.6) is 17.2 Å². The molecule has 2 rings (SSSR count). The smallest absolute Gasteiger partial charge is 0.259 e. The first kappa shape index (κ1) is 19.1. The van der Waals surface area contributed by atoms with Crippen molar-refractivity contribution in [3.63, 3.8) is 0 Å². The summed E-state index contributed by atoms with van der Waals surface area (Å²) in [6.07, 6.45) is 0. The first-order valence-corrected chi connectivity index (χ1v) is 8.01. The summed E-state index contributed by atoms with van der Waals surface area (Å²) in [6, 6.07) is 12.8. The fourth-order valence-electron chi connectivity index (χ4n) is 2.28. The second-order valence-electron chi connectivity index (χ2n) is 5.36. The molecule has 0 radical (unpaired) electrons. The maximum absolute atomic E-state index is 12.0. The van der Waals surface area contributed by atoms with Crippen molar-refractivity contribution in [1.29, 1.82) is 0 Å². The largest absolute Gasteiger partial charge is 0.495 e. The van der Waals surface area contributed by atoms with E-state index in [0.717, 1.165) is 11.3 Å². The van der Waals surface area contributed by atoms with Crippen molar-refractivity contribution in [3.8, 4) is 17.2 Å². The van der Waals surface area contributed by atoms with Crippen LogP contribution < -0.4 is 25.0 Å². The Hall–Kier alpha value is -3.22. The van der Waals surface area contributed by atoms with E-state index < -0.39 is 0 Å². The highest BCUT2D eigenvalue weighted by molar-refractivity contribution is 6.00. The summed E-state index contributed by atoms with van der Waals surface area (Å²) in [5.41, 5.74) is 4.74. The van der Waals surface area contributed by atoms with Gasteiger partial charge in [-0.3, -0.25) is 4.79 Å². The maximum Gasteiger partial charge on any atom is 0.259 e. The molecule has 0 spiro atoms. The number of para-hydroxylation sites is 2. The molecule has 0 saturated heterocycles. The van der Waals surface area contributed by atoms with Crippen LogP contribution >= 0.6 is 0 Å². The fraction of sp³-hybridized carbons (Fsp3) is 0.263. The average Bonchev–Trinajstić information content (AvgIpc) is 2.69. The molecule has 138 valence electrons. The Bertz CT molecular complexity index is 790. The fourth-order valence-corrected chi connectivity index (χ4v) is 2.28. The molecule has 0 aliphatic rings. The Morgan fingerprint density at radius 2 is 1.65 bits per heavy atom. The predicted octanol–water partition coefficient (Wildman–Crippen LogP) is 2.66. The van der Waals surface area contributed by atoms with Gasteiger partial charge in [-0.25, -0.2) is 5.43 Å². The van der Waals surface area contributed by atoms with Crippen LogP contribution in [0.25, 0.3) is 0 Å². The van der Waals surface area contributed by atoms with Gasteiger partial charge in [0, 0.05) is 5.56 Å². The zero-order chi connectivity index (χ0) is 18.9. The second-order valence-corrected chi connectivity index (χ2v) is 5.36. The standard InChI is InChI=1S/C19H23N3O4/c1-13(14-9-10-17(25-3)18(11-14)26-4)21-22-19(23)12-20-15-7-5-6-8-16(15)24-2/h5-11,20H,12H2,1-4H3,(H,22,23)/b21-13-. The van der Waals surface area contributed by atoms with Crippen molar-refractivity contribution in [3.05, 3.63) is 48.0 Å². The lowest BCUT2D eigenvalue weighted by atomic mass is 10.1. The molecule has 0 aliphatic carbocycles. The van der Waals surface area contributed by atoms with Gasteiger partial charge in [-0.2, -0.15) is 5.10 Å². The summed E-state index contributed by atoms with van der Waals surface area (Å²) < 4.78 is 15.7. The molecule has 0 heterocycles. The van der Waals surface area contributed by atoms with E-state index in [0.29, 0.717) is 23.0 Å². The van der Waals surface area contributed by atoms with Crippen molar-refractivity contribution in [2.75, 3.05) is 33.2 Å². The SMILES string of the molecule is COc1ccccc1NCC(=O)N/N=C(/C)c1ccc(OC)c(OC)c1. The molecule has 7 nitrogen and oxygen atoms in total. The molecule has 0 saturated carbocycles. The zero-order valence-electron chi connectivity index (χ0n) is 15.3. The van der Waals surface area contributed by atoms with Crippen LogP contribution in [0.2, 0.25) is 0 Å². The first-order chi connectivity index (χ1) is 12.6. The molecule has 1 amide bonds. The topological polar surface area (TPSA) is 81.2 Å². The number of hydrazone groups is 1. The van der Waals surface area contributed by atoms with E-state index in [9.17, 15) is 4.79 Å². The number of anilines is 1. The van der Waals surface area contributed by atoms with E-state index in [2.05, 4.69) is 15.8 Å². The third kappa shape index (κ3) is 4.89. The number of nitrogens with zero attached hydrogens (tertiary/aromatic N) is 1. The number of hydrogen-bond donors (Lipinski definition) is 2. The molecule has 0 aliphatic heterocycles. The lowest BCUT2D eigenvalue weighted by Gasteiger charge is -2.11. The van der Waals surface area contributed by atoms with Crippen molar-refractivity contribution in [2.45, 2.75) is 6.92 Å². The summed E-state index contributed by atoms with van der Waals surface area (Å²) in [5.74, 6) is 1.64. The highest BCUT2D eigenvalue weighted by Crippen LogP contribution is 2.27. The number of ether oxygens (including phenoxy) is 3. The number of benzene rings is 2. The van der Waals surface area contributed by atoms with Crippen molar-refractivity contribution < 1.29 is 19.0 Å². The van der Waals surface area contributed by atoms with Gasteiger partial charge >= 0.3 is 0 Å². The van der Waals surface area contributed by atoms with Crippen LogP contribution in [-0.2, 0) is 4.79 Å². The first-order valence-electron chi connectivity index (χ1n) is 8.01. The molecule has 7 heteroatoms. The molecule has 0 bridgehead atoms. The summed E-state index contributed by atoms with van der Waals surface area (Å²) in [5, 5.41) is 7.15. The number of hydrogen-bond acceptors (Lipinski definition) is 6. The Morgan fingerprint density at radius 3 is 2.35 bits per heavy atom. The van der Waals surface area contributed by atoms with E-state index in [1.54, 1.807) is 40.4 Å². The minimum absolute atomic E-state index is 0.0725. The van der Waals surface area contributed by atoms with Crippen LogP contribution in [0, 0.1) is 0 Å². The van der Waals surface area contributed by atoms with Gasteiger partial charge in [0.05, 0.1) is 39.3 Å². The second kappa shape index (κ2) is 9.31. The van der Waals surface area contributed by atoms with Gasteiger partial charge in [-0.1, -0.05) is 12.1 Å². The average molecular weight is 357 g/mol. The van der Waals surface area contributed by atoms with E-state index in [-0.39, 0.29) is 12.5 Å².